The minimum atomic E-state index is 0.0535. The van der Waals surface area contributed by atoms with Crippen molar-refractivity contribution >= 4 is 5.91 Å². The predicted molar refractivity (Wildman–Crippen MR) is 107 cm³/mol. The van der Waals surface area contributed by atoms with Crippen LogP contribution in [0.25, 0.3) is 11.3 Å². The van der Waals surface area contributed by atoms with Gasteiger partial charge in [-0.3, -0.25) is 14.8 Å². The number of rotatable bonds is 4. The SMILES string of the molecule is CN1CCC(N2CCC(N(C)C(=O)c3cn[nH]c3-c3ccccc3)C2)CC1. The van der Waals surface area contributed by atoms with Gasteiger partial charge in [0, 0.05) is 37.8 Å². The number of benzene rings is 1. The Morgan fingerprint density at radius 3 is 2.63 bits per heavy atom. The molecule has 27 heavy (non-hydrogen) atoms. The third-order valence-corrected chi connectivity index (χ3v) is 6.20. The normalized spacial score (nSPS) is 22.2. The molecule has 2 aliphatic heterocycles. The van der Waals surface area contributed by atoms with Gasteiger partial charge in [0.05, 0.1) is 17.5 Å². The Bertz CT molecular complexity index is 766. The van der Waals surface area contributed by atoms with Crippen LogP contribution in [0.1, 0.15) is 29.6 Å². The van der Waals surface area contributed by atoms with Crippen LogP contribution in [0, 0.1) is 0 Å². The monoisotopic (exact) mass is 367 g/mol. The summed E-state index contributed by atoms with van der Waals surface area (Å²) in [6, 6.07) is 10.9. The fraction of sp³-hybridized carbons (Fsp3) is 0.524. The molecule has 0 spiro atoms. The van der Waals surface area contributed by atoms with Gasteiger partial charge in [0.2, 0.25) is 0 Å². The number of hydrogen-bond donors (Lipinski definition) is 1. The molecule has 6 nitrogen and oxygen atoms in total. The largest absolute Gasteiger partial charge is 0.337 e. The van der Waals surface area contributed by atoms with Gasteiger partial charge in [0.25, 0.3) is 5.91 Å². The minimum absolute atomic E-state index is 0.0535. The van der Waals surface area contributed by atoms with Crippen molar-refractivity contribution in [3.8, 4) is 11.3 Å². The molecule has 1 aromatic carbocycles. The molecule has 0 radical (unpaired) electrons. The highest BCUT2D eigenvalue weighted by Crippen LogP contribution is 2.26. The highest BCUT2D eigenvalue weighted by Gasteiger charge is 2.34. The second kappa shape index (κ2) is 7.82. The number of aromatic nitrogens is 2. The van der Waals surface area contributed by atoms with Crippen molar-refractivity contribution < 1.29 is 4.79 Å². The smallest absolute Gasteiger partial charge is 0.257 e. The number of carbonyl (C=O) groups excluding carboxylic acids is 1. The van der Waals surface area contributed by atoms with Crippen molar-refractivity contribution in [1.29, 1.82) is 0 Å². The Balaban J connectivity index is 1.43. The fourth-order valence-corrected chi connectivity index (χ4v) is 4.40. The molecule has 2 aliphatic rings. The van der Waals surface area contributed by atoms with E-state index in [1.54, 1.807) is 6.20 Å². The lowest BCUT2D eigenvalue weighted by Crippen LogP contribution is -2.45. The molecule has 0 saturated carbocycles. The molecule has 2 aromatic rings. The molecule has 2 saturated heterocycles. The molecule has 1 amide bonds. The summed E-state index contributed by atoms with van der Waals surface area (Å²) in [5.74, 6) is 0.0535. The van der Waals surface area contributed by atoms with Gasteiger partial charge in [0.15, 0.2) is 0 Å². The number of aromatic amines is 1. The standard InChI is InChI=1S/C21H29N5O/c1-24-11-8-17(9-12-24)26-13-10-18(15-26)25(2)21(27)19-14-22-23-20(19)16-6-4-3-5-7-16/h3-7,14,17-18H,8-13,15H2,1-2H3,(H,22,23). The summed E-state index contributed by atoms with van der Waals surface area (Å²) in [4.78, 5) is 20.1. The molecule has 1 unspecified atom stereocenters. The first-order valence-electron chi connectivity index (χ1n) is 9.92. The van der Waals surface area contributed by atoms with Gasteiger partial charge in [-0.15, -0.1) is 0 Å². The average molecular weight is 367 g/mol. The number of amides is 1. The first-order chi connectivity index (χ1) is 13.1. The summed E-state index contributed by atoms with van der Waals surface area (Å²) >= 11 is 0. The number of likely N-dealkylation sites (tertiary alicyclic amines) is 2. The van der Waals surface area contributed by atoms with E-state index in [1.165, 1.54) is 25.9 Å². The topological polar surface area (TPSA) is 55.5 Å². The van der Waals surface area contributed by atoms with Gasteiger partial charge >= 0.3 is 0 Å². The van der Waals surface area contributed by atoms with E-state index in [0.717, 1.165) is 30.8 Å². The van der Waals surface area contributed by atoms with Crippen molar-refractivity contribution in [2.24, 2.45) is 0 Å². The summed E-state index contributed by atoms with van der Waals surface area (Å²) in [5.41, 5.74) is 2.45. The lowest BCUT2D eigenvalue weighted by molar-refractivity contribution is 0.0722. The zero-order valence-corrected chi connectivity index (χ0v) is 16.3. The summed E-state index contributed by atoms with van der Waals surface area (Å²) in [7, 11) is 4.14. The van der Waals surface area contributed by atoms with E-state index in [0.29, 0.717) is 11.6 Å². The number of hydrogen-bond acceptors (Lipinski definition) is 4. The van der Waals surface area contributed by atoms with Gasteiger partial charge in [0.1, 0.15) is 0 Å². The molecule has 0 bridgehead atoms. The summed E-state index contributed by atoms with van der Waals surface area (Å²) < 4.78 is 0. The van der Waals surface area contributed by atoms with Crippen LogP contribution < -0.4 is 0 Å². The van der Waals surface area contributed by atoms with E-state index in [4.69, 9.17) is 0 Å². The number of carbonyl (C=O) groups is 1. The van der Waals surface area contributed by atoms with Crippen molar-refractivity contribution in [3.05, 3.63) is 42.1 Å². The van der Waals surface area contributed by atoms with E-state index >= 15 is 0 Å². The maximum Gasteiger partial charge on any atom is 0.257 e. The quantitative estimate of drug-likeness (QED) is 0.901. The van der Waals surface area contributed by atoms with Crippen molar-refractivity contribution in [2.45, 2.75) is 31.3 Å². The van der Waals surface area contributed by atoms with Gasteiger partial charge in [-0.2, -0.15) is 5.10 Å². The molecule has 1 atom stereocenters. The zero-order valence-electron chi connectivity index (χ0n) is 16.3. The summed E-state index contributed by atoms with van der Waals surface area (Å²) in [5, 5.41) is 7.14. The van der Waals surface area contributed by atoms with E-state index in [-0.39, 0.29) is 11.9 Å². The minimum Gasteiger partial charge on any atom is -0.337 e. The Hall–Kier alpha value is -2.18. The Morgan fingerprint density at radius 2 is 1.89 bits per heavy atom. The molecular weight excluding hydrogens is 338 g/mol. The van der Waals surface area contributed by atoms with Crippen LogP contribution >= 0.6 is 0 Å². The lowest BCUT2D eigenvalue weighted by Gasteiger charge is -2.35. The lowest BCUT2D eigenvalue weighted by atomic mass is 10.0. The van der Waals surface area contributed by atoms with Gasteiger partial charge in [-0.05, 0) is 39.4 Å². The molecule has 1 N–H and O–H groups in total. The number of piperidine rings is 1. The van der Waals surface area contributed by atoms with E-state index in [1.807, 2.05) is 42.3 Å². The average Bonchev–Trinajstić information content (AvgIpc) is 3.38. The second-order valence-electron chi connectivity index (χ2n) is 7.91. The molecule has 4 rings (SSSR count). The molecule has 6 heteroatoms. The Kier molecular flexibility index (Phi) is 5.27. The molecule has 144 valence electrons. The van der Waals surface area contributed by atoms with E-state index in [2.05, 4.69) is 27.0 Å². The first kappa shape index (κ1) is 18.2. The molecule has 3 heterocycles. The maximum atomic E-state index is 13.2. The third-order valence-electron chi connectivity index (χ3n) is 6.20. The van der Waals surface area contributed by atoms with Crippen molar-refractivity contribution in [1.82, 2.24) is 24.9 Å². The highest BCUT2D eigenvalue weighted by molar-refractivity contribution is 5.99. The van der Waals surface area contributed by atoms with Crippen LogP contribution in [0.4, 0.5) is 0 Å². The van der Waals surface area contributed by atoms with Crippen LogP contribution in [0.15, 0.2) is 36.5 Å². The van der Waals surface area contributed by atoms with E-state index in [9.17, 15) is 4.79 Å². The molecule has 0 aliphatic carbocycles. The first-order valence-corrected chi connectivity index (χ1v) is 9.92. The van der Waals surface area contributed by atoms with Crippen LogP contribution in [0.3, 0.4) is 0 Å². The summed E-state index contributed by atoms with van der Waals surface area (Å²) in [6.45, 7) is 4.43. The molecule has 1 aromatic heterocycles. The number of H-pyrrole nitrogens is 1. The third kappa shape index (κ3) is 3.77. The Morgan fingerprint density at radius 1 is 1.15 bits per heavy atom. The molecular formula is C21H29N5O. The van der Waals surface area contributed by atoms with Gasteiger partial charge < -0.3 is 9.80 Å². The zero-order chi connectivity index (χ0) is 18.8. The maximum absolute atomic E-state index is 13.2. The highest BCUT2D eigenvalue weighted by atomic mass is 16.2. The second-order valence-corrected chi connectivity index (χ2v) is 7.91. The van der Waals surface area contributed by atoms with Crippen LogP contribution in [0.2, 0.25) is 0 Å². The van der Waals surface area contributed by atoms with Crippen LogP contribution in [-0.4, -0.2) is 83.2 Å². The van der Waals surface area contributed by atoms with E-state index < -0.39 is 0 Å². The van der Waals surface area contributed by atoms with Crippen LogP contribution in [-0.2, 0) is 0 Å². The van der Waals surface area contributed by atoms with Gasteiger partial charge in [-0.1, -0.05) is 30.3 Å². The Labute approximate surface area is 161 Å². The number of nitrogens with zero attached hydrogens (tertiary/aromatic N) is 4. The predicted octanol–water partition coefficient (Wildman–Crippen LogP) is 2.32. The number of likely N-dealkylation sites (N-methyl/N-ethyl adjacent to an activating group) is 1. The van der Waals surface area contributed by atoms with Crippen molar-refractivity contribution in [2.75, 3.05) is 40.3 Å². The van der Waals surface area contributed by atoms with Crippen LogP contribution in [0.5, 0.6) is 0 Å². The number of nitrogens with one attached hydrogen (secondary N) is 1. The summed E-state index contributed by atoms with van der Waals surface area (Å²) in [6.07, 6.45) is 5.18. The molecule has 2 fully saturated rings. The van der Waals surface area contributed by atoms with Crippen molar-refractivity contribution in [3.63, 3.8) is 0 Å². The van der Waals surface area contributed by atoms with Gasteiger partial charge in [-0.25, -0.2) is 0 Å². The fourth-order valence-electron chi connectivity index (χ4n) is 4.40.